The normalized spacial score (nSPS) is 19.3. The van der Waals surface area contributed by atoms with Gasteiger partial charge in [0.25, 0.3) is 5.91 Å². The molecule has 0 aliphatic heterocycles. The standard InChI is InChI=1S/C17H16N2O3/c18-17(21)22-15-10-14(15)11-6-8-13(9-7-11)19-16(20)12-4-2-1-3-5-12/h1-9,14-15H,10H2,(H2,18,21)(H,19,20). The first-order chi connectivity index (χ1) is 10.6. The highest BCUT2D eigenvalue weighted by molar-refractivity contribution is 6.04. The van der Waals surface area contributed by atoms with Gasteiger partial charge in [0.15, 0.2) is 0 Å². The molecule has 5 nitrogen and oxygen atoms in total. The SMILES string of the molecule is NC(=O)OC1CC1c1ccc(NC(=O)c2ccccc2)cc1. The lowest BCUT2D eigenvalue weighted by Crippen LogP contribution is -2.15. The molecule has 2 amide bonds. The van der Waals surface area contributed by atoms with Gasteiger partial charge in [-0.1, -0.05) is 30.3 Å². The number of amides is 2. The van der Waals surface area contributed by atoms with Crippen molar-refractivity contribution in [2.24, 2.45) is 5.73 Å². The van der Waals surface area contributed by atoms with Crippen LogP contribution in [-0.2, 0) is 4.74 Å². The number of hydrogen-bond acceptors (Lipinski definition) is 3. The van der Waals surface area contributed by atoms with Crippen molar-refractivity contribution in [1.82, 2.24) is 0 Å². The van der Waals surface area contributed by atoms with Crippen molar-refractivity contribution in [1.29, 1.82) is 0 Å². The van der Waals surface area contributed by atoms with Crippen LogP contribution in [0.4, 0.5) is 10.5 Å². The predicted octanol–water partition coefficient (Wildman–Crippen LogP) is 2.89. The van der Waals surface area contributed by atoms with Crippen LogP contribution in [-0.4, -0.2) is 18.1 Å². The molecule has 1 aliphatic rings. The monoisotopic (exact) mass is 296 g/mol. The van der Waals surface area contributed by atoms with Crippen LogP contribution in [0.25, 0.3) is 0 Å². The number of nitrogens with one attached hydrogen (secondary N) is 1. The van der Waals surface area contributed by atoms with Gasteiger partial charge in [0.2, 0.25) is 0 Å². The Morgan fingerprint density at radius 2 is 1.73 bits per heavy atom. The van der Waals surface area contributed by atoms with Crippen LogP contribution in [0.5, 0.6) is 0 Å². The fraction of sp³-hybridized carbons (Fsp3) is 0.176. The molecule has 112 valence electrons. The number of primary amides is 1. The van der Waals surface area contributed by atoms with Crippen molar-refractivity contribution >= 4 is 17.7 Å². The molecule has 22 heavy (non-hydrogen) atoms. The molecule has 0 bridgehead atoms. The minimum atomic E-state index is -0.737. The van der Waals surface area contributed by atoms with Crippen LogP contribution in [0.3, 0.4) is 0 Å². The van der Waals surface area contributed by atoms with Crippen molar-refractivity contribution < 1.29 is 14.3 Å². The van der Waals surface area contributed by atoms with Crippen LogP contribution in [0.2, 0.25) is 0 Å². The summed E-state index contributed by atoms with van der Waals surface area (Å²) in [5, 5.41) is 2.84. The number of hydrogen-bond donors (Lipinski definition) is 2. The minimum absolute atomic E-state index is 0.123. The number of ether oxygens (including phenoxy) is 1. The Hall–Kier alpha value is -2.82. The lowest BCUT2D eigenvalue weighted by Gasteiger charge is -2.06. The maximum absolute atomic E-state index is 12.0. The van der Waals surface area contributed by atoms with Crippen molar-refractivity contribution in [2.75, 3.05) is 5.32 Å². The van der Waals surface area contributed by atoms with Crippen molar-refractivity contribution in [3.63, 3.8) is 0 Å². The molecule has 2 atom stereocenters. The molecule has 0 heterocycles. The van der Waals surface area contributed by atoms with Gasteiger partial charge in [0.05, 0.1) is 0 Å². The minimum Gasteiger partial charge on any atom is -0.446 e. The summed E-state index contributed by atoms with van der Waals surface area (Å²) in [6.07, 6.45) is -0.0694. The summed E-state index contributed by atoms with van der Waals surface area (Å²) >= 11 is 0. The first-order valence-electron chi connectivity index (χ1n) is 7.06. The van der Waals surface area contributed by atoms with Gasteiger partial charge in [-0.25, -0.2) is 4.79 Å². The van der Waals surface area contributed by atoms with Crippen LogP contribution < -0.4 is 11.1 Å². The van der Waals surface area contributed by atoms with Crippen LogP contribution in [0.15, 0.2) is 54.6 Å². The lowest BCUT2D eigenvalue weighted by molar-refractivity contribution is 0.102. The molecule has 3 rings (SSSR count). The van der Waals surface area contributed by atoms with Crippen LogP contribution in [0, 0.1) is 0 Å². The molecule has 2 unspecified atom stereocenters. The third kappa shape index (κ3) is 3.25. The van der Waals surface area contributed by atoms with Gasteiger partial charge in [0.1, 0.15) is 6.10 Å². The average Bonchev–Trinajstić information content (AvgIpc) is 3.27. The van der Waals surface area contributed by atoms with Gasteiger partial charge >= 0.3 is 6.09 Å². The van der Waals surface area contributed by atoms with E-state index in [1.54, 1.807) is 12.1 Å². The Bertz CT molecular complexity index is 683. The summed E-state index contributed by atoms with van der Waals surface area (Å²) < 4.78 is 4.95. The predicted molar refractivity (Wildman–Crippen MR) is 82.7 cm³/mol. The lowest BCUT2D eigenvalue weighted by atomic mass is 10.1. The van der Waals surface area contributed by atoms with Crippen LogP contribution in [0.1, 0.15) is 28.3 Å². The zero-order valence-corrected chi connectivity index (χ0v) is 11.9. The molecule has 1 saturated carbocycles. The Morgan fingerprint density at radius 3 is 2.36 bits per heavy atom. The Morgan fingerprint density at radius 1 is 1.05 bits per heavy atom. The Labute approximate surface area is 128 Å². The van der Waals surface area contributed by atoms with E-state index in [0.29, 0.717) is 5.56 Å². The van der Waals surface area contributed by atoms with Gasteiger partial charge in [-0.3, -0.25) is 4.79 Å². The molecule has 0 aromatic heterocycles. The quantitative estimate of drug-likeness (QED) is 0.910. The molecule has 0 radical (unpaired) electrons. The summed E-state index contributed by atoms with van der Waals surface area (Å²) in [4.78, 5) is 22.7. The summed E-state index contributed by atoms with van der Waals surface area (Å²) in [6, 6.07) is 16.6. The summed E-state index contributed by atoms with van der Waals surface area (Å²) in [7, 11) is 0. The second-order valence-corrected chi connectivity index (χ2v) is 5.26. The highest BCUT2D eigenvalue weighted by Gasteiger charge is 2.41. The third-order valence-electron chi connectivity index (χ3n) is 3.63. The zero-order valence-electron chi connectivity index (χ0n) is 11.9. The number of benzene rings is 2. The summed E-state index contributed by atoms with van der Waals surface area (Å²) in [5.41, 5.74) is 7.41. The molecule has 0 saturated heterocycles. The molecular formula is C17H16N2O3. The first kappa shape index (κ1) is 14.1. The van der Waals surface area contributed by atoms with E-state index in [2.05, 4.69) is 5.32 Å². The highest BCUT2D eigenvalue weighted by atomic mass is 16.6. The molecule has 2 aromatic carbocycles. The van der Waals surface area contributed by atoms with Gasteiger partial charge in [-0.15, -0.1) is 0 Å². The van der Waals surface area contributed by atoms with Gasteiger partial charge in [-0.05, 0) is 36.2 Å². The second kappa shape index (κ2) is 5.89. The number of rotatable bonds is 4. The van der Waals surface area contributed by atoms with Gasteiger partial charge in [-0.2, -0.15) is 0 Å². The first-order valence-corrected chi connectivity index (χ1v) is 7.06. The molecule has 1 fully saturated rings. The average molecular weight is 296 g/mol. The van der Waals surface area contributed by atoms with E-state index in [-0.39, 0.29) is 17.9 Å². The number of carbonyl (C=O) groups excluding carboxylic acids is 2. The van der Waals surface area contributed by atoms with E-state index in [1.165, 1.54) is 0 Å². The maximum atomic E-state index is 12.0. The zero-order chi connectivity index (χ0) is 15.5. The van der Waals surface area contributed by atoms with E-state index in [9.17, 15) is 9.59 Å². The van der Waals surface area contributed by atoms with E-state index in [1.807, 2.05) is 42.5 Å². The Balaban J connectivity index is 1.61. The van der Waals surface area contributed by atoms with Crippen molar-refractivity contribution in [3.8, 4) is 0 Å². The third-order valence-corrected chi connectivity index (χ3v) is 3.63. The fourth-order valence-electron chi connectivity index (χ4n) is 2.41. The van der Waals surface area contributed by atoms with E-state index < -0.39 is 6.09 Å². The number of nitrogens with two attached hydrogens (primary N) is 1. The molecule has 0 spiro atoms. The van der Waals surface area contributed by atoms with E-state index >= 15 is 0 Å². The van der Waals surface area contributed by atoms with Gasteiger partial charge in [0, 0.05) is 17.2 Å². The topological polar surface area (TPSA) is 81.4 Å². The summed E-state index contributed by atoms with van der Waals surface area (Å²) in [6.45, 7) is 0. The van der Waals surface area contributed by atoms with Crippen molar-refractivity contribution in [3.05, 3.63) is 65.7 Å². The smallest absolute Gasteiger partial charge is 0.404 e. The van der Waals surface area contributed by atoms with Crippen molar-refractivity contribution in [2.45, 2.75) is 18.4 Å². The largest absolute Gasteiger partial charge is 0.446 e. The fourth-order valence-corrected chi connectivity index (χ4v) is 2.41. The Kier molecular flexibility index (Phi) is 3.78. The molecule has 1 aliphatic carbocycles. The molecule has 2 aromatic rings. The van der Waals surface area contributed by atoms with Gasteiger partial charge < -0.3 is 15.8 Å². The molecule has 3 N–H and O–H groups in total. The molecular weight excluding hydrogens is 280 g/mol. The highest BCUT2D eigenvalue weighted by Crippen LogP contribution is 2.43. The van der Waals surface area contributed by atoms with Crippen LogP contribution >= 0.6 is 0 Å². The van der Waals surface area contributed by atoms with E-state index in [4.69, 9.17) is 10.5 Å². The number of anilines is 1. The summed E-state index contributed by atoms with van der Waals surface area (Å²) in [5.74, 6) is 0.0566. The van der Waals surface area contributed by atoms with E-state index in [0.717, 1.165) is 17.7 Å². The second-order valence-electron chi connectivity index (χ2n) is 5.26. The number of carbonyl (C=O) groups is 2. The maximum Gasteiger partial charge on any atom is 0.404 e. The molecule has 5 heteroatoms.